The molecule has 1 aromatic heterocycles. The van der Waals surface area contributed by atoms with Crippen molar-refractivity contribution in [3.8, 4) is 0 Å². The topological polar surface area (TPSA) is 60.5 Å². The minimum absolute atomic E-state index is 0.0858. The first-order valence-corrected chi connectivity index (χ1v) is 9.20. The van der Waals surface area contributed by atoms with Gasteiger partial charge in [0, 0.05) is 13.5 Å². The molecule has 7 heteroatoms. The number of amides is 1. The Kier molecular flexibility index (Phi) is 4.75. The molecule has 3 rings (SSSR count). The molecule has 0 bridgehead atoms. The Balaban J connectivity index is 1.92. The number of rotatable bonds is 4. The van der Waals surface area contributed by atoms with Crippen LogP contribution in [0.5, 0.6) is 0 Å². The van der Waals surface area contributed by atoms with Crippen molar-refractivity contribution in [3.63, 3.8) is 0 Å². The van der Waals surface area contributed by atoms with E-state index in [2.05, 4.69) is 16.4 Å². The molecule has 25 heavy (non-hydrogen) atoms. The molecule has 1 amide bonds. The Morgan fingerprint density at radius 3 is 2.60 bits per heavy atom. The maximum Gasteiger partial charge on any atom is 0.492 e. The largest absolute Gasteiger partial charge is 0.492 e. The first-order chi connectivity index (χ1) is 11.7. The average Bonchev–Trinajstić information content (AvgIpc) is 3.05. The van der Waals surface area contributed by atoms with Gasteiger partial charge in [0.2, 0.25) is 5.91 Å². The van der Waals surface area contributed by atoms with Gasteiger partial charge in [0.15, 0.2) is 0 Å². The third-order valence-corrected chi connectivity index (χ3v) is 5.61. The standard InChI is InChI=1S/C18H23BN2O3S/c1-12(22)20-10-14(19-23-17(2,3)18(4,5)24-19)8-13-6-7-16-15(9-13)21-11-25-16/h6-9,11H,10H2,1-5H3,(H,20,22). The SMILES string of the molecule is CC(=O)NCC(=Cc1ccc2scnc2c1)B1OC(C)(C)C(C)(C)O1. The number of benzene rings is 1. The van der Waals surface area contributed by atoms with Gasteiger partial charge in [0.05, 0.1) is 26.9 Å². The van der Waals surface area contributed by atoms with Crippen LogP contribution in [0.4, 0.5) is 0 Å². The second kappa shape index (κ2) is 6.55. The molecule has 132 valence electrons. The Labute approximate surface area is 152 Å². The Morgan fingerprint density at radius 2 is 1.96 bits per heavy atom. The summed E-state index contributed by atoms with van der Waals surface area (Å²) in [5.74, 6) is -0.0858. The highest BCUT2D eigenvalue weighted by Gasteiger charge is 2.52. The number of carbonyl (C=O) groups excluding carboxylic acids is 1. The van der Waals surface area contributed by atoms with Crippen LogP contribution in [0.25, 0.3) is 16.3 Å². The normalized spacial score (nSPS) is 19.4. The summed E-state index contributed by atoms with van der Waals surface area (Å²) < 4.78 is 13.4. The molecule has 1 saturated heterocycles. The second-order valence-corrected chi connectivity index (χ2v) is 8.18. The molecule has 2 heterocycles. The van der Waals surface area contributed by atoms with Crippen LogP contribution < -0.4 is 5.32 Å². The van der Waals surface area contributed by atoms with Gasteiger partial charge < -0.3 is 14.6 Å². The fourth-order valence-electron chi connectivity index (χ4n) is 2.60. The highest BCUT2D eigenvalue weighted by atomic mass is 32.1. The van der Waals surface area contributed by atoms with Crippen molar-refractivity contribution >= 4 is 40.7 Å². The van der Waals surface area contributed by atoms with Gasteiger partial charge in [-0.15, -0.1) is 11.3 Å². The fraction of sp³-hybridized carbons (Fsp3) is 0.444. The summed E-state index contributed by atoms with van der Waals surface area (Å²) in [6, 6.07) is 6.13. The van der Waals surface area contributed by atoms with Crippen molar-refractivity contribution in [3.05, 3.63) is 34.7 Å². The van der Waals surface area contributed by atoms with Crippen molar-refractivity contribution in [1.29, 1.82) is 0 Å². The van der Waals surface area contributed by atoms with E-state index in [0.717, 1.165) is 21.3 Å². The van der Waals surface area contributed by atoms with Crippen LogP contribution in [-0.4, -0.2) is 35.8 Å². The maximum absolute atomic E-state index is 11.4. The zero-order valence-electron chi connectivity index (χ0n) is 15.3. The van der Waals surface area contributed by atoms with E-state index < -0.39 is 18.3 Å². The van der Waals surface area contributed by atoms with E-state index in [-0.39, 0.29) is 5.91 Å². The van der Waals surface area contributed by atoms with Crippen LogP contribution in [0, 0.1) is 0 Å². The monoisotopic (exact) mass is 358 g/mol. The second-order valence-electron chi connectivity index (χ2n) is 7.30. The molecular formula is C18H23BN2O3S. The van der Waals surface area contributed by atoms with Gasteiger partial charge in [0.1, 0.15) is 0 Å². The minimum Gasteiger partial charge on any atom is -0.400 e. The van der Waals surface area contributed by atoms with Crippen LogP contribution in [0.1, 0.15) is 40.2 Å². The molecule has 0 spiro atoms. The number of nitrogens with one attached hydrogen (secondary N) is 1. The lowest BCUT2D eigenvalue weighted by molar-refractivity contribution is -0.118. The van der Waals surface area contributed by atoms with Gasteiger partial charge >= 0.3 is 7.12 Å². The Morgan fingerprint density at radius 1 is 1.28 bits per heavy atom. The molecule has 1 aromatic carbocycles. The van der Waals surface area contributed by atoms with Crippen molar-refractivity contribution in [2.45, 2.75) is 45.8 Å². The van der Waals surface area contributed by atoms with Crippen molar-refractivity contribution in [1.82, 2.24) is 10.3 Å². The molecule has 1 aliphatic heterocycles. The highest BCUT2D eigenvalue weighted by Crippen LogP contribution is 2.38. The zero-order valence-corrected chi connectivity index (χ0v) is 16.1. The lowest BCUT2D eigenvalue weighted by atomic mass is 9.77. The van der Waals surface area contributed by atoms with E-state index in [9.17, 15) is 4.79 Å². The number of nitrogens with zero attached hydrogens (tertiary/aromatic N) is 1. The van der Waals surface area contributed by atoms with Gasteiger partial charge in [-0.3, -0.25) is 4.79 Å². The van der Waals surface area contributed by atoms with E-state index in [1.54, 1.807) is 11.3 Å². The lowest BCUT2D eigenvalue weighted by Crippen LogP contribution is -2.41. The quantitative estimate of drug-likeness (QED) is 0.851. The highest BCUT2D eigenvalue weighted by molar-refractivity contribution is 7.16. The van der Waals surface area contributed by atoms with Gasteiger partial charge in [-0.1, -0.05) is 12.1 Å². The van der Waals surface area contributed by atoms with Crippen LogP contribution in [0.15, 0.2) is 29.2 Å². The molecule has 0 saturated carbocycles. The molecule has 0 aliphatic carbocycles. The smallest absolute Gasteiger partial charge is 0.400 e. The van der Waals surface area contributed by atoms with E-state index in [0.29, 0.717) is 6.54 Å². The van der Waals surface area contributed by atoms with Crippen molar-refractivity contribution in [2.24, 2.45) is 0 Å². The molecule has 0 atom stereocenters. The average molecular weight is 358 g/mol. The van der Waals surface area contributed by atoms with Gasteiger partial charge in [0.25, 0.3) is 0 Å². The number of hydrogen-bond acceptors (Lipinski definition) is 5. The molecule has 5 nitrogen and oxygen atoms in total. The van der Waals surface area contributed by atoms with Crippen LogP contribution >= 0.6 is 11.3 Å². The number of thiazole rings is 1. The molecule has 1 aliphatic rings. The first kappa shape index (κ1) is 18.1. The lowest BCUT2D eigenvalue weighted by Gasteiger charge is -2.32. The van der Waals surface area contributed by atoms with Gasteiger partial charge in [-0.05, 0) is 50.9 Å². The minimum atomic E-state index is -0.497. The molecular weight excluding hydrogens is 335 g/mol. The predicted octanol–water partition coefficient (Wildman–Crippen LogP) is 3.45. The summed E-state index contributed by atoms with van der Waals surface area (Å²) in [6.45, 7) is 9.95. The van der Waals surface area contributed by atoms with E-state index in [1.165, 1.54) is 6.92 Å². The Bertz CT molecular complexity index is 813. The zero-order chi connectivity index (χ0) is 18.2. The van der Waals surface area contributed by atoms with Crippen molar-refractivity contribution < 1.29 is 14.1 Å². The van der Waals surface area contributed by atoms with E-state index >= 15 is 0 Å². The molecule has 0 unspecified atom stereocenters. The van der Waals surface area contributed by atoms with E-state index in [1.807, 2.05) is 51.4 Å². The van der Waals surface area contributed by atoms with E-state index in [4.69, 9.17) is 9.31 Å². The van der Waals surface area contributed by atoms with Gasteiger partial charge in [-0.25, -0.2) is 4.98 Å². The summed E-state index contributed by atoms with van der Waals surface area (Å²) in [7, 11) is -0.497. The maximum atomic E-state index is 11.4. The fourth-order valence-corrected chi connectivity index (χ4v) is 3.26. The first-order valence-electron chi connectivity index (χ1n) is 8.32. The Hall–Kier alpha value is -1.70. The molecule has 1 N–H and O–H groups in total. The van der Waals surface area contributed by atoms with Crippen LogP contribution in [0.3, 0.4) is 0 Å². The predicted molar refractivity (Wildman–Crippen MR) is 102 cm³/mol. The van der Waals surface area contributed by atoms with Crippen molar-refractivity contribution in [2.75, 3.05) is 6.54 Å². The third-order valence-electron chi connectivity index (χ3n) is 4.80. The number of hydrogen-bond donors (Lipinski definition) is 1. The summed E-state index contributed by atoms with van der Waals surface area (Å²) in [5, 5.41) is 2.85. The van der Waals surface area contributed by atoms with Crippen LogP contribution in [0.2, 0.25) is 0 Å². The molecule has 2 aromatic rings. The number of fused-ring (bicyclic) bond motifs is 1. The summed E-state index contributed by atoms with van der Waals surface area (Å²) in [6.07, 6.45) is 2.01. The summed E-state index contributed by atoms with van der Waals surface area (Å²) in [4.78, 5) is 15.7. The third kappa shape index (κ3) is 3.78. The molecule has 0 radical (unpaired) electrons. The number of aromatic nitrogens is 1. The van der Waals surface area contributed by atoms with Gasteiger partial charge in [-0.2, -0.15) is 0 Å². The number of carbonyl (C=O) groups is 1. The van der Waals surface area contributed by atoms with Crippen LogP contribution in [-0.2, 0) is 14.1 Å². The summed E-state index contributed by atoms with van der Waals surface area (Å²) >= 11 is 1.62. The molecule has 1 fully saturated rings. The summed E-state index contributed by atoms with van der Waals surface area (Å²) in [5.41, 5.74) is 3.84.